The maximum Gasteiger partial charge on any atom is 0.328 e. The van der Waals surface area contributed by atoms with Crippen molar-refractivity contribution in [1.82, 2.24) is 14.9 Å². The Kier molecular flexibility index (Phi) is 6.04. The Morgan fingerprint density at radius 1 is 1.36 bits per heavy atom. The zero-order chi connectivity index (χ0) is 17.6. The van der Waals surface area contributed by atoms with E-state index < -0.39 is 11.2 Å². The number of amides is 1. The van der Waals surface area contributed by atoms with Crippen LogP contribution in [0.1, 0.15) is 32.1 Å². The van der Waals surface area contributed by atoms with Gasteiger partial charge in [-0.05, 0) is 25.2 Å². The largest absolute Gasteiger partial charge is 0.379 e. The third-order valence-electron chi connectivity index (χ3n) is 4.90. The Bertz CT molecular complexity index is 694. The lowest BCUT2D eigenvalue weighted by Crippen LogP contribution is -2.50. The molecule has 0 radical (unpaired) electrons. The van der Waals surface area contributed by atoms with Gasteiger partial charge in [0.15, 0.2) is 0 Å². The van der Waals surface area contributed by atoms with Gasteiger partial charge in [-0.2, -0.15) is 0 Å². The van der Waals surface area contributed by atoms with E-state index in [2.05, 4.69) is 10.3 Å². The minimum Gasteiger partial charge on any atom is -0.379 e. The molecule has 0 unspecified atom stereocenters. The molecular formula is C17H25N3O5. The molecule has 0 spiro atoms. The van der Waals surface area contributed by atoms with Gasteiger partial charge >= 0.3 is 5.69 Å². The lowest BCUT2D eigenvalue weighted by Gasteiger charge is -2.34. The van der Waals surface area contributed by atoms with E-state index in [1.165, 1.54) is 36.1 Å². The van der Waals surface area contributed by atoms with Crippen molar-refractivity contribution in [2.24, 2.45) is 5.92 Å². The zero-order valence-corrected chi connectivity index (χ0v) is 14.2. The first-order chi connectivity index (χ1) is 12.1. The second-order valence-corrected chi connectivity index (χ2v) is 6.76. The van der Waals surface area contributed by atoms with Crippen LogP contribution < -0.4 is 16.6 Å². The first-order valence-corrected chi connectivity index (χ1v) is 8.90. The number of ether oxygens (including phenoxy) is 2. The molecule has 2 atom stereocenters. The summed E-state index contributed by atoms with van der Waals surface area (Å²) in [5.41, 5.74) is -0.951. The van der Waals surface area contributed by atoms with E-state index in [0.29, 0.717) is 19.1 Å². The number of aromatic amines is 1. The molecule has 1 amide bonds. The third kappa shape index (κ3) is 5.02. The molecule has 25 heavy (non-hydrogen) atoms. The van der Waals surface area contributed by atoms with E-state index in [1.807, 2.05) is 0 Å². The van der Waals surface area contributed by atoms with Crippen LogP contribution in [0, 0.1) is 5.92 Å². The van der Waals surface area contributed by atoms with Gasteiger partial charge in [-0.3, -0.25) is 14.6 Å². The van der Waals surface area contributed by atoms with E-state index in [1.54, 1.807) is 0 Å². The number of hydrogen-bond donors (Lipinski definition) is 2. The third-order valence-corrected chi connectivity index (χ3v) is 4.90. The van der Waals surface area contributed by atoms with Crippen molar-refractivity contribution in [3.63, 3.8) is 0 Å². The summed E-state index contributed by atoms with van der Waals surface area (Å²) in [6, 6.07) is 1.20. The minimum absolute atomic E-state index is 0.0615. The molecule has 2 heterocycles. The van der Waals surface area contributed by atoms with E-state index >= 15 is 0 Å². The molecule has 0 aromatic carbocycles. The zero-order valence-electron chi connectivity index (χ0n) is 14.2. The van der Waals surface area contributed by atoms with Gasteiger partial charge in [-0.1, -0.05) is 6.42 Å². The van der Waals surface area contributed by atoms with Crippen molar-refractivity contribution in [2.45, 2.75) is 50.8 Å². The van der Waals surface area contributed by atoms with E-state index in [4.69, 9.17) is 9.47 Å². The first kappa shape index (κ1) is 17.9. The highest BCUT2D eigenvalue weighted by Crippen LogP contribution is 2.27. The van der Waals surface area contributed by atoms with Crippen molar-refractivity contribution in [1.29, 1.82) is 0 Å². The van der Waals surface area contributed by atoms with Crippen molar-refractivity contribution in [2.75, 3.05) is 19.8 Å². The van der Waals surface area contributed by atoms with Crippen molar-refractivity contribution in [3.05, 3.63) is 33.1 Å². The standard InChI is InChI=1S/C17H25N3O5/c21-15(4-7-20-8-5-16(22)19-17(20)23)18-13-6-9-24-11-14(13)25-10-12-2-1-3-12/h5,8,12-14H,1-4,6-7,9-11H2,(H,18,21)(H,19,22,23)/t13-,14-/m1/s1. The second kappa shape index (κ2) is 8.44. The van der Waals surface area contributed by atoms with Crippen molar-refractivity contribution >= 4 is 5.91 Å². The summed E-state index contributed by atoms with van der Waals surface area (Å²) in [5, 5.41) is 3.00. The Labute approximate surface area is 145 Å². The van der Waals surface area contributed by atoms with Crippen molar-refractivity contribution < 1.29 is 14.3 Å². The number of hydrogen-bond acceptors (Lipinski definition) is 5. The number of aryl methyl sites for hydroxylation is 1. The van der Waals surface area contributed by atoms with Crippen LogP contribution >= 0.6 is 0 Å². The van der Waals surface area contributed by atoms with E-state index in [9.17, 15) is 14.4 Å². The predicted octanol–water partition coefficient (Wildman–Crippen LogP) is 0.0171. The highest BCUT2D eigenvalue weighted by Gasteiger charge is 2.29. The fourth-order valence-electron chi connectivity index (χ4n) is 3.08. The molecule has 1 aliphatic heterocycles. The summed E-state index contributed by atoms with van der Waals surface area (Å²) < 4.78 is 12.8. The number of aromatic nitrogens is 2. The Balaban J connectivity index is 1.47. The summed E-state index contributed by atoms with van der Waals surface area (Å²) >= 11 is 0. The van der Waals surface area contributed by atoms with Crippen LogP contribution in [-0.2, 0) is 20.8 Å². The van der Waals surface area contributed by atoms with E-state index in [-0.39, 0.29) is 31.0 Å². The topological polar surface area (TPSA) is 102 Å². The van der Waals surface area contributed by atoms with Gasteiger partial charge in [0.2, 0.25) is 5.91 Å². The summed E-state index contributed by atoms with van der Waals surface area (Å²) in [6.45, 7) is 2.05. The maximum absolute atomic E-state index is 12.2. The minimum atomic E-state index is -0.506. The van der Waals surface area contributed by atoms with Crippen LogP contribution in [-0.4, -0.2) is 47.4 Å². The smallest absolute Gasteiger partial charge is 0.328 e. The van der Waals surface area contributed by atoms with Gasteiger partial charge in [-0.15, -0.1) is 0 Å². The lowest BCUT2D eigenvalue weighted by atomic mass is 9.86. The highest BCUT2D eigenvalue weighted by molar-refractivity contribution is 5.76. The van der Waals surface area contributed by atoms with Crippen LogP contribution in [0.5, 0.6) is 0 Å². The average Bonchev–Trinajstić information content (AvgIpc) is 2.54. The molecule has 138 valence electrons. The first-order valence-electron chi connectivity index (χ1n) is 8.90. The lowest BCUT2D eigenvalue weighted by molar-refractivity contribution is -0.127. The Morgan fingerprint density at radius 2 is 2.20 bits per heavy atom. The maximum atomic E-state index is 12.2. The molecular weight excluding hydrogens is 326 g/mol. The molecule has 8 heteroatoms. The molecule has 1 aromatic rings. The predicted molar refractivity (Wildman–Crippen MR) is 90.4 cm³/mol. The molecule has 2 fully saturated rings. The van der Waals surface area contributed by atoms with Gasteiger partial charge in [0.1, 0.15) is 6.10 Å². The molecule has 1 saturated heterocycles. The van der Waals surface area contributed by atoms with Crippen LogP contribution in [0.4, 0.5) is 0 Å². The molecule has 3 rings (SSSR count). The normalized spacial score (nSPS) is 23.8. The summed E-state index contributed by atoms with van der Waals surface area (Å²) in [6.07, 6.45) is 5.89. The Morgan fingerprint density at radius 3 is 2.92 bits per heavy atom. The van der Waals surface area contributed by atoms with Crippen LogP contribution in [0.15, 0.2) is 21.9 Å². The van der Waals surface area contributed by atoms with Gasteiger partial charge in [0.25, 0.3) is 5.56 Å². The average molecular weight is 351 g/mol. The number of H-pyrrole nitrogens is 1. The van der Waals surface area contributed by atoms with Crippen LogP contribution in [0.3, 0.4) is 0 Å². The molecule has 2 N–H and O–H groups in total. The fourth-order valence-corrected chi connectivity index (χ4v) is 3.08. The monoisotopic (exact) mass is 351 g/mol. The van der Waals surface area contributed by atoms with Gasteiger partial charge < -0.3 is 19.4 Å². The summed E-state index contributed by atoms with van der Waals surface area (Å²) in [7, 11) is 0. The van der Waals surface area contributed by atoms with Gasteiger partial charge in [0.05, 0.1) is 12.6 Å². The molecule has 1 aromatic heterocycles. The summed E-state index contributed by atoms with van der Waals surface area (Å²) in [4.78, 5) is 37.0. The SMILES string of the molecule is O=C(CCn1ccc(=O)[nH]c1=O)N[C@@H]1CCOC[C@H]1OCC1CCC1. The quantitative estimate of drug-likeness (QED) is 0.721. The molecule has 1 saturated carbocycles. The Hall–Kier alpha value is -1.93. The van der Waals surface area contributed by atoms with Gasteiger partial charge in [-0.25, -0.2) is 4.79 Å². The summed E-state index contributed by atoms with van der Waals surface area (Å²) in [5.74, 6) is 0.507. The van der Waals surface area contributed by atoms with Gasteiger partial charge in [0, 0.05) is 38.4 Å². The highest BCUT2D eigenvalue weighted by atomic mass is 16.5. The molecule has 0 bridgehead atoms. The molecule has 8 nitrogen and oxygen atoms in total. The second-order valence-electron chi connectivity index (χ2n) is 6.76. The number of carbonyl (C=O) groups excluding carboxylic acids is 1. The van der Waals surface area contributed by atoms with Crippen LogP contribution in [0.2, 0.25) is 0 Å². The molecule has 2 aliphatic rings. The van der Waals surface area contributed by atoms with Crippen molar-refractivity contribution in [3.8, 4) is 0 Å². The molecule has 1 aliphatic carbocycles. The van der Waals surface area contributed by atoms with Crippen LogP contribution in [0.25, 0.3) is 0 Å². The number of rotatable bonds is 7. The number of nitrogens with zero attached hydrogens (tertiary/aromatic N) is 1. The number of carbonyl (C=O) groups is 1. The van der Waals surface area contributed by atoms with E-state index in [0.717, 1.165) is 13.0 Å². The fraction of sp³-hybridized carbons (Fsp3) is 0.706. The number of nitrogens with one attached hydrogen (secondary N) is 2.